The summed E-state index contributed by atoms with van der Waals surface area (Å²) in [7, 11) is 0. The van der Waals surface area contributed by atoms with Gasteiger partial charge in [-0.2, -0.15) is 0 Å². The Labute approximate surface area is 155 Å². The Balaban J connectivity index is 1.64. The fraction of sp³-hybridized carbons (Fsp3) is 0.190. The number of nitrogens with one attached hydrogen (secondary N) is 1. The molecule has 1 amide bonds. The first kappa shape index (κ1) is 17.3. The van der Waals surface area contributed by atoms with Crippen LogP contribution >= 0.6 is 0 Å². The Kier molecular flexibility index (Phi) is 4.64. The molecule has 136 valence electrons. The minimum Gasteiger partial charge on any atom is -0.289 e. The highest BCUT2D eigenvalue weighted by atomic mass is 19.1. The van der Waals surface area contributed by atoms with Crippen LogP contribution in [0.5, 0.6) is 0 Å². The number of benzene rings is 2. The van der Waals surface area contributed by atoms with Gasteiger partial charge in [-0.25, -0.2) is 19.8 Å². The van der Waals surface area contributed by atoms with Crippen molar-refractivity contribution < 1.29 is 14.4 Å². The first-order valence-corrected chi connectivity index (χ1v) is 8.78. The normalized spacial score (nSPS) is 14.6. The van der Waals surface area contributed by atoms with E-state index >= 15 is 0 Å². The van der Waals surface area contributed by atoms with E-state index < -0.39 is 17.6 Å². The first-order valence-electron chi connectivity index (χ1n) is 8.78. The maximum absolute atomic E-state index is 14.2. The van der Waals surface area contributed by atoms with Crippen molar-refractivity contribution in [3.05, 3.63) is 83.7 Å². The molecule has 27 heavy (non-hydrogen) atoms. The molecule has 0 aliphatic heterocycles. The van der Waals surface area contributed by atoms with Gasteiger partial charge in [0.15, 0.2) is 0 Å². The third-order valence-corrected chi connectivity index (χ3v) is 4.78. The van der Waals surface area contributed by atoms with Gasteiger partial charge in [-0.3, -0.25) is 10.0 Å². The molecule has 6 heteroatoms. The second-order valence-corrected chi connectivity index (χ2v) is 6.66. The monoisotopic (exact) mass is 363 g/mol. The number of carbonyl (C=O) groups excluding carboxylic acids is 1. The SMILES string of the molecule is O=C(NO)C(c1ccc(-c2cnc(C3CC3)nc2)cc1)c1ccccc1F. The van der Waals surface area contributed by atoms with Crippen molar-refractivity contribution in [2.45, 2.75) is 24.7 Å². The summed E-state index contributed by atoms with van der Waals surface area (Å²) >= 11 is 0. The summed E-state index contributed by atoms with van der Waals surface area (Å²) in [5.74, 6) is -0.752. The van der Waals surface area contributed by atoms with Gasteiger partial charge in [-0.05, 0) is 30.0 Å². The van der Waals surface area contributed by atoms with Crippen LogP contribution in [0.15, 0.2) is 60.9 Å². The lowest BCUT2D eigenvalue weighted by Gasteiger charge is -2.17. The van der Waals surface area contributed by atoms with Gasteiger partial charge in [-0.1, -0.05) is 42.5 Å². The third kappa shape index (κ3) is 3.57. The van der Waals surface area contributed by atoms with E-state index in [4.69, 9.17) is 5.21 Å². The molecule has 1 saturated carbocycles. The van der Waals surface area contributed by atoms with Gasteiger partial charge in [0.1, 0.15) is 11.6 Å². The zero-order chi connectivity index (χ0) is 18.8. The second kappa shape index (κ2) is 7.25. The Hall–Kier alpha value is -3.12. The fourth-order valence-electron chi connectivity index (χ4n) is 3.15. The zero-order valence-electron chi connectivity index (χ0n) is 14.5. The highest BCUT2D eigenvalue weighted by Crippen LogP contribution is 2.38. The highest BCUT2D eigenvalue weighted by Gasteiger charge is 2.27. The zero-order valence-corrected chi connectivity index (χ0v) is 14.5. The molecule has 1 heterocycles. The van der Waals surface area contributed by atoms with Crippen molar-refractivity contribution in [2.24, 2.45) is 0 Å². The molecule has 1 aliphatic carbocycles. The average Bonchev–Trinajstić information content (AvgIpc) is 3.55. The van der Waals surface area contributed by atoms with Crippen LogP contribution in [0, 0.1) is 5.82 Å². The molecule has 1 fully saturated rings. The lowest BCUT2D eigenvalue weighted by molar-refractivity contribution is -0.129. The molecule has 1 aliphatic rings. The maximum Gasteiger partial charge on any atom is 0.255 e. The van der Waals surface area contributed by atoms with Crippen LogP contribution in [-0.4, -0.2) is 21.1 Å². The quantitative estimate of drug-likeness (QED) is 0.534. The number of rotatable bonds is 5. The number of aromatic nitrogens is 2. The van der Waals surface area contributed by atoms with Crippen molar-refractivity contribution in [3.63, 3.8) is 0 Å². The highest BCUT2D eigenvalue weighted by molar-refractivity contribution is 5.86. The summed E-state index contributed by atoms with van der Waals surface area (Å²) in [4.78, 5) is 21.0. The molecule has 0 radical (unpaired) electrons. The number of hydrogen-bond donors (Lipinski definition) is 2. The van der Waals surface area contributed by atoms with Crippen LogP contribution in [-0.2, 0) is 4.79 Å². The minimum absolute atomic E-state index is 0.203. The second-order valence-electron chi connectivity index (χ2n) is 6.66. The molecular formula is C21H18FN3O2. The summed E-state index contributed by atoms with van der Waals surface area (Å²) in [6.45, 7) is 0. The average molecular weight is 363 g/mol. The minimum atomic E-state index is -0.946. The largest absolute Gasteiger partial charge is 0.289 e. The van der Waals surface area contributed by atoms with Gasteiger partial charge < -0.3 is 0 Å². The lowest BCUT2D eigenvalue weighted by atomic mass is 9.89. The van der Waals surface area contributed by atoms with E-state index in [0.717, 1.165) is 29.8 Å². The fourth-order valence-corrected chi connectivity index (χ4v) is 3.15. The molecule has 2 aromatic carbocycles. The molecule has 4 rings (SSSR count). The number of hydroxylamine groups is 1. The number of halogens is 1. The third-order valence-electron chi connectivity index (χ3n) is 4.78. The van der Waals surface area contributed by atoms with E-state index in [0.29, 0.717) is 11.5 Å². The molecule has 1 unspecified atom stereocenters. The Morgan fingerprint density at radius 2 is 1.70 bits per heavy atom. The van der Waals surface area contributed by atoms with Crippen molar-refractivity contribution in [3.8, 4) is 11.1 Å². The van der Waals surface area contributed by atoms with Crippen LogP contribution in [0.4, 0.5) is 4.39 Å². The van der Waals surface area contributed by atoms with Gasteiger partial charge in [0, 0.05) is 29.4 Å². The van der Waals surface area contributed by atoms with Crippen molar-refractivity contribution in [1.82, 2.24) is 15.4 Å². The smallest absolute Gasteiger partial charge is 0.255 e. The first-order chi connectivity index (χ1) is 13.2. The predicted octanol–water partition coefficient (Wildman–Crippen LogP) is 3.80. The van der Waals surface area contributed by atoms with Crippen LogP contribution in [0.1, 0.15) is 41.6 Å². The number of nitrogens with zero attached hydrogens (tertiary/aromatic N) is 2. The Morgan fingerprint density at radius 1 is 1.04 bits per heavy atom. The van der Waals surface area contributed by atoms with Crippen molar-refractivity contribution in [1.29, 1.82) is 0 Å². The molecule has 3 aromatic rings. The van der Waals surface area contributed by atoms with E-state index in [-0.39, 0.29) is 5.56 Å². The number of carbonyl (C=O) groups is 1. The standard InChI is InChI=1S/C21H18FN3O2/c22-18-4-2-1-3-17(18)19(21(26)25-27)14-7-5-13(6-8-14)16-11-23-20(24-12-16)15-9-10-15/h1-8,11-12,15,19,27H,9-10H2,(H,25,26). The summed E-state index contributed by atoms with van der Waals surface area (Å²) in [6, 6.07) is 13.2. The van der Waals surface area contributed by atoms with Crippen molar-refractivity contribution >= 4 is 5.91 Å². The molecule has 5 nitrogen and oxygen atoms in total. The van der Waals surface area contributed by atoms with Crippen LogP contribution in [0.2, 0.25) is 0 Å². The van der Waals surface area contributed by atoms with Gasteiger partial charge in [0.05, 0.1) is 5.92 Å². The summed E-state index contributed by atoms with van der Waals surface area (Å²) < 4.78 is 14.2. The van der Waals surface area contributed by atoms with E-state index in [1.165, 1.54) is 12.1 Å². The Morgan fingerprint density at radius 3 is 2.30 bits per heavy atom. The number of hydrogen-bond acceptors (Lipinski definition) is 4. The van der Waals surface area contributed by atoms with E-state index in [1.807, 2.05) is 12.1 Å². The van der Waals surface area contributed by atoms with E-state index in [9.17, 15) is 9.18 Å². The van der Waals surface area contributed by atoms with Gasteiger partial charge in [-0.15, -0.1) is 0 Å². The van der Waals surface area contributed by atoms with Gasteiger partial charge in [0.25, 0.3) is 5.91 Å². The lowest BCUT2D eigenvalue weighted by Crippen LogP contribution is -2.27. The van der Waals surface area contributed by atoms with Gasteiger partial charge >= 0.3 is 0 Å². The molecule has 0 saturated heterocycles. The van der Waals surface area contributed by atoms with Gasteiger partial charge in [0.2, 0.25) is 0 Å². The van der Waals surface area contributed by atoms with Crippen LogP contribution < -0.4 is 5.48 Å². The molecule has 0 bridgehead atoms. The maximum atomic E-state index is 14.2. The van der Waals surface area contributed by atoms with E-state index in [1.54, 1.807) is 42.1 Å². The molecule has 2 N–H and O–H groups in total. The number of amides is 1. The summed E-state index contributed by atoms with van der Waals surface area (Å²) in [5.41, 5.74) is 4.19. The molecular weight excluding hydrogens is 345 g/mol. The van der Waals surface area contributed by atoms with Crippen LogP contribution in [0.25, 0.3) is 11.1 Å². The molecule has 1 aromatic heterocycles. The van der Waals surface area contributed by atoms with Crippen molar-refractivity contribution in [2.75, 3.05) is 0 Å². The summed E-state index contributed by atoms with van der Waals surface area (Å²) in [6.07, 6.45) is 5.89. The summed E-state index contributed by atoms with van der Waals surface area (Å²) in [5, 5.41) is 9.09. The topological polar surface area (TPSA) is 75.1 Å². The molecule has 0 spiro atoms. The van der Waals surface area contributed by atoms with Crippen LogP contribution in [0.3, 0.4) is 0 Å². The predicted molar refractivity (Wildman–Crippen MR) is 97.6 cm³/mol. The molecule has 1 atom stereocenters. The Bertz CT molecular complexity index is 954. The van der Waals surface area contributed by atoms with E-state index in [2.05, 4.69) is 9.97 Å².